The van der Waals surface area contributed by atoms with Crippen LogP contribution in [0.4, 0.5) is 11.5 Å². The van der Waals surface area contributed by atoms with Crippen molar-refractivity contribution in [2.24, 2.45) is 0 Å². The average Bonchev–Trinajstić information content (AvgIpc) is 3.27. The molecule has 3 aromatic rings. The van der Waals surface area contributed by atoms with E-state index in [1.165, 1.54) is 22.1 Å². The number of rotatable bonds is 8. The second-order valence-electron chi connectivity index (χ2n) is 7.43. The fourth-order valence-corrected chi connectivity index (χ4v) is 4.18. The van der Waals surface area contributed by atoms with Crippen LogP contribution < -0.4 is 21.9 Å². The van der Waals surface area contributed by atoms with Gasteiger partial charge in [0.05, 0.1) is 12.2 Å². The number of amides is 1. The molecule has 1 aliphatic carbocycles. The highest BCUT2D eigenvalue weighted by Gasteiger charge is 2.23. The maximum atomic E-state index is 13.2. The van der Waals surface area contributed by atoms with Gasteiger partial charge < -0.3 is 16.4 Å². The molecule has 0 saturated heterocycles. The average molecular weight is 473 g/mol. The van der Waals surface area contributed by atoms with Gasteiger partial charge in [0.2, 0.25) is 11.7 Å². The molecule has 0 bridgehead atoms. The van der Waals surface area contributed by atoms with E-state index in [-0.39, 0.29) is 41.6 Å². The van der Waals surface area contributed by atoms with Gasteiger partial charge in [-0.25, -0.2) is 9.97 Å². The first-order valence-corrected chi connectivity index (χ1v) is 11.3. The Bertz CT molecular complexity index is 1210. The van der Waals surface area contributed by atoms with E-state index < -0.39 is 11.5 Å². The number of halogens is 1. The van der Waals surface area contributed by atoms with Gasteiger partial charge in [-0.1, -0.05) is 23.7 Å². The van der Waals surface area contributed by atoms with Crippen molar-refractivity contribution >= 4 is 46.1 Å². The monoisotopic (exact) mass is 472 g/mol. The summed E-state index contributed by atoms with van der Waals surface area (Å²) in [6, 6.07) is 6.97. The Morgan fingerprint density at radius 3 is 2.78 bits per heavy atom. The summed E-state index contributed by atoms with van der Waals surface area (Å²) in [5.41, 5.74) is 6.75. The van der Waals surface area contributed by atoms with Crippen molar-refractivity contribution in [3.63, 3.8) is 0 Å². The van der Waals surface area contributed by atoms with E-state index in [1.54, 1.807) is 29.6 Å². The molecule has 1 amide bonds. The first kappa shape index (κ1) is 22.0. The number of nitrogen functional groups attached to an aromatic ring is 1. The van der Waals surface area contributed by atoms with Gasteiger partial charge in [-0.05, 0) is 31.4 Å². The van der Waals surface area contributed by atoms with Gasteiger partial charge >= 0.3 is 0 Å². The summed E-state index contributed by atoms with van der Waals surface area (Å²) in [6.45, 7) is -0.559. The Labute approximate surface area is 192 Å². The highest BCUT2D eigenvalue weighted by molar-refractivity contribution is 7.11. The molecule has 0 spiro atoms. The van der Waals surface area contributed by atoms with Crippen molar-refractivity contribution in [1.82, 2.24) is 19.9 Å². The molecule has 2 aromatic heterocycles. The lowest BCUT2D eigenvalue weighted by atomic mass is 9.93. The van der Waals surface area contributed by atoms with Crippen LogP contribution in [0.3, 0.4) is 0 Å². The van der Waals surface area contributed by atoms with Crippen LogP contribution in [0.25, 0.3) is 11.3 Å². The molecule has 11 heteroatoms. The Morgan fingerprint density at radius 2 is 2.12 bits per heavy atom. The number of thiazole rings is 1. The molecular formula is C21H21ClN6O3S. The molecule has 9 nitrogen and oxygen atoms in total. The number of carbonyl (C=O) groups excluding carboxylic acids is 2. The van der Waals surface area contributed by atoms with Crippen LogP contribution in [-0.2, 0) is 11.3 Å². The normalized spacial score (nSPS) is 13.4. The van der Waals surface area contributed by atoms with E-state index in [1.807, 2.05) is 0 Å². The molecule has 1 aliphatic rings. The molecule has 166 valence electrons. The first-order valence-electron chi connectivity index (χ1n) is 10.0. The van der Waals surface area contributed by atoms with Crippen molar-refractivity contribution < 1.29 is 9.59 Å². The van der Waals surface area contributed by atoms with E-state index >= 15 is 0 Å². The number of nitrogens with one attached hydrogen (secondary N) is 2. The zero-order valence-corrected chi connectivity index (χ0v) is 18.6. The molecule has 0 aliphatic heterocycles. The van der Waals surface area contributed by atoms with Gasteiger partial charge in [0.25, 0.3) is 5.56 Å². The number of carbonyl (C=O) groups is 2. The lowest BCUT2D eigenvalue weighted by Gasteiger charge is -2.27. The summed E-state index contributed by atoms with van der Waals surface area (Å²) in [4.78, 5) is 46.2. The third-order valence-electron chi connectivity index (χ3n) is 5.15. The van der Waals surface area contributed by atoms with Gasteiger partial charge in [-0.15, -0.1) is 11.3 Å². The summed E-state index contributed by atoms with van der Waals surface area (Å²) < 4.78 is 1.26. The fourth-order valence-electron chi connectivity index (χ4n) is 3.31. The van der Waals surface area contributed by atoms with Crippen LogP contribution in [-0.4, -0.2) is 38.8 Å². The van der Waals surface area contributed by atoms with E-state index in [2.05, 4.69) is 20.6 Å². The zero-order valence-electron chi connectivity index (χ0n) is 17.0. The number of nitrogens with two attached hydrogens (primary N) is 1. The number of anilines is 2. The predicted octanol–water partition coefficient (Wildman–Crippen LogP) is 2.57. The van der Waals surface area contributed by atoms with Crippen LogP contribution >= 0.6 is 22.9 Å². The standard InChI is InChI=1S/C21H21ClN6O3S/c22-18-17(12-3-1-4-13(23)9-12)28(21(31)19(27-18)26-14-5-2-6-14)11-16(30)25-10-15(29)20-24-7-8-32-20/h1,3-4,7-9,14H,2,5-6,10-11,23H2,(H,25,30)(H,26,27). The second-order valence-corrected chi connectivity index (χ2v) is 8.68. The quantitative estimate of drug-likeness (QED) is 0.339. The minimum Gasteiger partial charge on any atom is -0.399 e. The van der Waals surface area contributed by atoms with E-state index in [9.17, 15) is 14.4 Å². The van der Waals surface area contributed by atoms with Crippen LogP contribution in [0.15, 0.2) is 40.6 Å². The van der Waals surface area contributed by atoms with Gasteiger partial charge in [-0.3, -0.25) is 19.0 Å². The maximum Gasteiger partial charge on any atom is 0.294 e. The van der Waals surface area contributed by atoms with E-state index in [0.29, 0.717) is 16.3 Å². The van der Waals surface area contributed by atoms with Crippen molar-refractivity contribution in [2.75, 3.05) is 17.6 Å². The van der Waals surface area contributed by atoms with Gasteiger partial charge in [0.1, 0.15) is 6.54 Å². The number of hydrogen-bond acceptors (Lipinski definition) is 8. The molecule has 0 unspecified atom stereocenters. The molecule has 1 saturated carbocycles. The topological polar surface area (TPSA) is 132 Å². The molecule has 1 fully saturated rings. The van der Waals surface area contributed by atoms with Crippen molar-refractivity contribution in [3.05, 3.63) is 56.4 Å². The van der Waals surface area contributed by atoms with Crippen LogP contribution in [0, 0.1) is 0 Å². The van der Waals surface area contributed by atoms with Crippen molar-refractivity contribution in [3.8, 4) is 11.3 Å². The minimum absolute atomic E-state index is 0.0729. The predicted molar refractivity (Wildman–Crippen MR) is 124 cm³/mol. The molecule has 4 N–H and O–H groups in total. The van der Waals surface area contributed by atoms with E-state index in [0.717, 1.165) is 19.3 Å². The van der Waals surface area contributed by atoms with Crippen molar-refractivity contribution in [2.45, 2.75) is 31.8 Å². The molecule has 1 aromatic carbocycles. The summed E-state index contributed by atoms with van der Waals surface area (Å²) in [5, 5.41) is 7.72. The lowest BCUT2D eigenvalue weighted by molar-refractivity contribution is -0.121. The zero-order chi connectivity index (χ0) is 22.7. The summed E-state index contributed by atoms with van der Waals surface area (Å²) in [5.74, 6) is -0.727. The van der Waals surface area contributed by atoms with Gasteiger partial charge in [-0.2, -0.15) is 0 Å². The van der Waals surface area contributed by atoms with Crippen LogP contribution in [0.5, 0.6) is 0 Å². The SMILES string of the molecule is Nc1cccc(-c2c(Cl)nc(NC3CCC3)c(=O)n2CC(=O)NCC(=O)c2nccs2)c1. The van der Waals surface area contributed by atoms with Gasteiger partial charge in [0.15, 0.2) is 16.0 Å². The molecular weight excluding hydrogens is 452 g/mol. The number of nitrogens with zero attached hydrogens (tertiary/aromatic N) is 3. The minimum atomic E-state index is -0.515. The van der Waals surface area contributed by atoms with Gasteiger partial charge in [0, 0.05) is 28.9 Å². The second kappa shape index (κ2) is 9.49. The van der Waals surface area contributed by atoms with E-state index in [4.69, 9.17) is 17.3 Å². The fraction of sp³-hybridized carbons (Fsp3) is 0.286. The number of benzene rings is 1. The third-order valence-corrected chi connectivity index (χ3v) is 6.23. The Hall–Kier alpha value is -3.24. The molecule has 2 heterocycles. The smallest absolute Gasteiger partial charge is 0.294 e. The first-order chi connectivity index (χ1) is 15.4. The summed E-state index contributed by atoms with van der Waals surface area (Å²) in [6.07, 6.45) is 4.48. The molecule has 4 rings (SSSR count). The lowest BCUT2D eigenvalue weighted by Crippen LogP contribution is -2.38. The highest BCUT2D eigenvalue weighted by atomic mass is 35.5. The Balaban J connectivity index is 1.63. The number of Topliss-reactive ketones (excluding diaryl/α,β-unsaturated/α-hetero) is 1. The summed E-state index contributed by atoms with van der Waals surface area (Å²) >= 11 is 7.67. The molecule has 32 heavy (non-hydrogen) atoms. The number of hydrogen-bond donors (Lipinski definition) is 3. The highest BCUT2D eigenvalue weighted by Crippen LogP contribution is 2.29. The Morgan fingerprint density at radius 1 is 1.31 bits per heavy atom. The third kappa shape index (κ3) is 4.81. The maximum absolute atomic E-state index is 13.2. The van der Waals surface area contributed by atoms with Crippen molar-refractivity contribution in [1.29, 1.82) is 0 Å². The van der Waals surface area contributed by atoms with Crippen LogP contribution in [0.1, 0.15) is 29.1 Å². The Kier molecular flexibility index (Phi) is 6.52. The molecule has 0 radical (unpaired) electrons. The molecule has 0 atom stereocenters. The summed E-state index contributed by atoms with van der Waals surface area (Å²) in [7, 11) is 0. The largest absolute Gasteiger partial charge is 0.399 e. The van der Waals surface area contributed by atoms with Crippen LogP contribution in [0.2, 0.25) is 5.15 Å². The number of ketones is 1. The number of aromatic nitrogens is 3.